The maximum Gasteiger partial charge on any atom is 0.0761 e. The highest BCUT2D eigenvalue weighted by Crippen LogP contribution is 2.22. The van der Waals surface area contributed by atoms with Crippen molar-refractivity contribution in [3.8, 4) is 5.69 Å². The van der Waals surface area contributed by atoms with E-state index in [4.69, 9.17) is 17.3 Å². The largest absolute Gasteiger partial charge is 0.399 e. The van der Waals surface area contributed by atoms with Gasteiger partial charge in [0.1, 0.15) is 0 Å². The third-order valence-corrected chi connectivity index (χ3v) is 2.88. The van der Waals surface area contributed by atoms with Crippen LogP contribution in [0.4, 0.5) is 5.69 Å². The molecule has 4 heteroatoms. The van der Waals surface area contributed by atoms with Crippen molar-refractivity contribution in [3.63, 3.8) is 0 Å². The summed E-state index contributed by atoms with van der Waals surface area (Å²) in [7, 11) is 0. The summed E-state index contributed by atoms with van der Waals surface area (Å²) in [6.07, 6.45) is 1.82. The quantitative estimate of drug-likeness (QED) is 0.667. The van der Waals surface area contributed by atoms with E-state index >= 15 is 0 Å². The van der Waals surface area contributed by atoms with E-state index in [0.717, 1.165) is 22.3 Å². The average molecular weight is 244 g/mol. The van der Waals surface area contributed by atoms with Gasteiger partial charge in [0.25, 0.3) is 0 Å². The monoisotopic (exact) mass is 243 g/mol. The molecule has 0 amide bonds. The van der Waals surface area contributed by atoms with E-state index in [0.29, 0.717) is 5.02 Å². The van der Waals surface area contributed by atoms with Gasteiger partial charge in [-0.2, -0.15) is 5.10 Å². The van der Waals surface area contributed by atoms with Crippen molar-refractivity contribution in [1.29, 1.82) is 0 Å². The number of nitrogens with zero attached hydrogens (tertiary/aromatic N) is 2. The number of fused-ring (bicyclic) bond motifs is 1. The summed E-state index contributed by atoms with van der Waals surface area (Å²) in [4.78, 5) is 0. The Kier molecular flexibility index (Phi) is 2.27. The molecule has 0 atom stereocenters. The fourth-order valence-corrected chi connectivity index (χ4v) is 2.03. The Hall–Kier alpha value is -2.00. The third-order valence-electron chi connectivity index (χ3n) is 2.65. The first-order chi connectivity index (χ1) is 8.24. The van der Waals surface area contributed by atoms with Crippen LogP contribution in [0.2, 0.25) is 5.02 Å². The zero-order valence-corrected chi connectivity index (χ0v) is 9.72. The van der Waals surface area contributed by atoms with Crippen molar-refractivity contribution in [2.75, 3.05) is 5.73 Å². The van der Waals surface area contributed by atoms with Gasteiger partial charge in [0.2, 0.25) is 0 Å². The van der Waals surface area contributed by atoms with E-state index in [9.17, 15) is 0 Å². The summed E-state index contributed by atoms with van der Waals surface area (Å²) in [5.41, 5.74) is 8.42. The van der Waals surface area contributed by atoms with Crippen molar-refractivity contribution < 1.29 is 0 Å². The van der Waals surface area contributed by atoms with Crippen LogP contribution in [0, 0.1) is 0 Å². The van der Waals surface area contributed by atoms with Gasteiger partial charge in [-0.3, -0.25) is 0 Å². The van der Waals surface area contributed by atoms with Crippen LogP contribution in [0.3, 0.4) is 0 Å². The summed E-state index contributed by atoms with van der Waals surface area (Å²) < 4.78 is 1.83. The second-order valence-electron chi connectivity index (χ2n) is 3.85. The van der Waals surface area contributed by atoms with Gasteiger partial charge in [-0.25, -0.2) is 4.68 Å². The summed E-state index contributed by atoms with van der Waals surface area (Å²) in [5.74, 6) is 0. The molecule has 2 N–H and O–H groups in total. The molecule has 0 bridgehead atoms. The first-order valence-corrected chi connectivity index (χ1v) is 5.61. The zero-order valence-electron chi connectivity index (χ0n) is 8.97. The molecular formula is C13H10ClN3. The van der Waals surface area contributed by atoms with Crippen LogP contribution in [0.5, 0.6) is 0 Å². The van der Waals surface area contributed by atoms with Crippen molar-refractivity contribution in [2.24, 2.45) is 0 Å². The van der Waals surface area contributed by atoms with Crippen LogP contribution >= 0.6 is 11.6 Å². The van der Waals surface area contributed by atoms with Gasteiger partial charge >= 0.3 is 0 Å². The smallest absolute Gasteiger partial charge is 0.0761 e. The van der Waals surface area contributed by atoms with Crippen LogP contribution in [-0.4, -0.2) is 9.78 Å². The van der Waals surface area contributed by atoms with Crippen LogP contribution in [0.1, 0.15) is 0 Å². The summed E-state index contributed by atoms with van der Waals surface area (Å²) in [5, 5.41) is 6.09. The van der Waals surface area contributed by atoms with Gasteiger partial charge in [0, 0.05) is 16.1 Å². The lowest BCUT2D eigenvalue weighted by Crippen LogP contribution is -1.96. The van der Waals surface area contributed by atoms with Gasteiger partial charge in [-0.05, 0) is 36.4 Å². The number of anilines is 1. The molecule has 3 aromatic rings. The number of benzene rings is 2. The SMILES string of the molecule is Nc1ccc2cnn(-c3cccc(Cl)c3)c2c1. The second kappa shape index (κ2) is 3.79. The van der Waals surface area contributed by atoms with Crippen molar-refractivity contribution in [3.05, 3.63) is 53.7 Å². The van der Waals surface area contributed by atoms with Crippen LogP contribution in [0.15, 0.2) is 48.7 Å². The molecule has 0 unspecified atom stereocenters. The Morgan fingerprint density at radius 2 is 2.00 bits per heavy atom. The fraction of sp³-hybridized carbons (Fsp3) is 0. The molecule has 0 aliphatic carbocycles. The van der Waals surface area contributed by atoms with E-state index in [1.807, 2.05) is 53.3 Å². The van der Waals surface area contributed by atoms with Crippen LogP contribution < -0.4 is 5.73 Å². The Morgan fingerprint density at radius 3 is 2.82 bits per heavy atom. The van der Waals surface area contributed by atoms with Crippen molar-refractivity contribution in [1.82, 2.24) is 9.78 Å². The van der Waals surface area contributed by atoms with Gasteiger partial charge < -0.3 is 5.73 Å². The summed E-state index contributed by atoms with van der Waals surface area (Å²) in [6, 6.07) is 13.3. The van der Waals surface area contributed by atoms with E-state index in [1.54, 1.807) is 0 Å². The molecule has 2 aromatic carbocycles. The number of hydrogen-bond donors (Lipinski definition) is 1. The first-order valence-electron chi connectivity index (χ1n) is 5.23. The van der Waals surface area contributed by atoms with E-state index < -0.39 is 0 Å². The van der Waals surface area contributed by atoms with E-state index in [-0.39, 0.29) is 0 Å². The topological polar surface area (TPSA) is 43.8 Å². The van der Waals surface area contributed by atoms with E-state index in [1.165, 1.54) is 0 Å². The van der Waals surface area contributed by atoms with Crippen molar-refractivity contribution >= 4 is 28.2 Å². The number of nitrogen functional groups attached to an aromatic ring is 1. The first kappa shape index (κ1) is 10.2. The molecule has 0 saturated carbocycles. The average Bonchev–Trinajstić information content (AvgIpc) is 2.71. The number of rotatable bonds is 1. The number of aromatic nitrogens is 2. The van der Waals surface area contributed by atoms with Crippen molar-refractivity contribution in [2.45, 2.75) is 0 Å². The Bertz CT molecular complexity index is 688. The van der Waals surface area contributed by atoms with Crippen LogP contribution in [0.25, 0.3) is 16.6 Å². The molecule has 3 rings (SSSR count). The molecule has 3 nitrogen and oxygen atoms in total. The Morgan fingerprint density at radius 1 is 1.12 bits per heavy atom. The standard InChI is InChI=1S/C13H10ClN3/c14-10-2-1-3-12(6-10)17-13-7-11(15)5-4-9(13)8-16-17/h1-8H,15H2. The molecule has 0 spiro atoms. The molecule has 1 aromatic heterocycles. The molecule has 84 valence electrons. The Balaban J connectivity index is 2.27. The molecule has 17 heavy (non-hydrogen) atoms. The number of nitrogens with two attached hydrogens (primary N) is 1. The predicted molar refractivity (Wildman–Crippen MR) is 70.5 cm³/mol. The maximum atomic E-state index is 5.98. The lowest BCUT2D eigenvalue weighted by molar-refractivity contribution is 0.911. The van der Waals surface area contributed by atoms with Gasteiger partial charge in [-0.1, -0.05) is 17.7 Å². The molecule has 0 saturated heterocycles. The zero-order chi connectivity index (χ0) is 11.8. The molecule has 0 aliphatic rings. The Labute approximate surface area is 103 Å². The van der Waals surface area contributed by atoms with E-state index in [2.05, 4.69) is 5.10 Å². The highest BCUT2D eigenvalue weighted by Gasteiger charge is 2.05. The molecular weight excluding hydrogens is 234 g/mol. The van der Waals surface area contributed by atoms with Gasteiger partial charge in [-0.15, -0.1) is 0 Å². The predicted octanol–water partition coefficient (Wildman–Crippen LogP) is 3.26. The minimum Gasteiger partial charge on any atom is -0.399 e. The highest BCUT2D eigenvalue weighted by molar-refractivity contribution is 6.30. The number of halogens is 1. The highest BCUT2D eigenvalue weighted by atomic mass is 35.5. The maximum absolute atomic E-state index is 5.98. The summed E-state index contributed by atoms with van der Waals surface area (Å²) in [6.45, 7) is 0. The third kappa shape index (κ3) is 1.74. The fourth-order valence-electron chi connectivity index (χ4n) is 1.85. The van der Waals surface area contributed by atoms with Gasteiger partial charge in [0.05, 0.1) is 17.4 Å². The molecule has 0 aliphatic heterocycles. The molecule has 0 fully saturated rings. The summed E-state index contributed by atoms with van der Waals surface area (Å²) >= 11 is 5.98. The van der Waals surface area contributed by atoms with Crippen LogP contribution in [-0.2, 0) is 0 Å². The van der Waals surface area contributed by atoms with Gasteiger partial charge in [0.15, 0.2) is 0 Å². The second-order valence-corrected chi connectivity index (χ2v) is 4.29. The lowest BCUT2D eigenvalue weighted by atomic mass is 10.2. The number of hydrogen-bond acceptors (Lipinski definition) is 2. The lowest BCUT2D eigenvalue weighted by Gasteiger charge is -2.04. The normalized spacial score (nSPS) is 10.9. The molecule has 0 radical (unpaired) electrons. The minimum atomic E-state index is 0.690. The molecule has 1 heterocycles. The minimum absolute atomic E-state index is 0.690.